The van der Waals surface area contributed by atoms with Gasteiger partial charge in [0.2, 0.25) is 9.84 Å². The first-order chi connectivity index (χ1) is 7.58. The van der Waals surface area contributed by atoms with Gasteiger partial charge in [0.15, 0.2) is 0 Å². The Morgan fingerprint density at radius 3 is 2.81 bits per heavy atom. The first-order valence-corrected chi connectivity index (χ1v) is 5.98. The summed E-state index contributed by atoms with van der Waals surface area (Å²) in [4.78, 5) is 3.58. The summed E-state index contributed by atoms with van der Waals surface area (Å²) in [6.45, 7) is -0.147. The first kappa shape index (κ1) is 10.8. The van der Waals surface area contributed by atoms with Crippen molar-refractivity contribution >= 4 is 15.4 Å². The molecule has 2 rings (SSSR count). The van der Waals surface area contributed by atoms with Crippen LogP contribution in [0.2, 0.25) is 0 Å². The summed E-state index contributed by atoms with van der Waals surface area (Å²) in [5.41, 5.74) is 0.858. The van der Waals surface area contributed by atoms with Gasteiger partial charge in [-0.1, -0.05) is 6.07 Å². The van der Waals surface area contributed by atoms with Gasteiger partial charge in [-0.25, -0.2) is 12.8 Å². The van der Waals surface area contributed by atoms with Gasteiger partial charge in [-0.15, -0.1) is 0 Å². The zero-order valence-electron chi connectivity index (χ0n) is 8.13. The van der Waals surface area contributed by atoms with Crippen molar-refractivity contribution in [2.24, 2.45) is 4.99 Å². The molecule has 0 fully saturated rings. The predicted octanol–water partition coefficient (Wildman–Crippen LogP) is 1.50. The number of ether oxygens (including phenoxy) is 1. The molecule has 16 heavy (non-hydrogen) atoms. The molecule has 0 N–H and O–H groups in total. The lowest BCUT2D eigenvalue weighted by atomic mass is 10.3. The van der Waals surface area contributed by atoms with Gasteiger partial charge in [-0.3, -0.25) is 4.99 Å². The minimum atomic E-state index is -3.42. The molecule has 0 saturated heterocycles. The smallest absolute Gasteiger partial charge is 0.217 e. The molecule has 0 atom stereocenters. The van der Waals surface area contributed by atoms with E-state index < -0.39 is 15.7 Å². The van der Waals surface area contributed by atoms with Crippen LogP contribution in [-0.4, -0.2) is 20.6 Å². The fourth-order valence-electron chi connectivity index (χ4n) is 1.17. The summed E-state index contributed by atoms with van der Waals surface area (Å²) >= 11 is 0. The lowest BCUT2D eigenvalue weighted by Gasteiger charge is -2.05. The van der Waals surface area contributed by atoms with E-state index >= 15 is 0 Å². The highest BCUT2D eigenvalue weighted by atomic mass is 32.2. The Kier molecular flexibility index (Phi) is 2.74. The van der Waals surface area contributed by atoms with Crippen LogP contribution in [0.25, 0.3) is 0 Å². The summed E-state index contributed by atoms with van der Waals surface area (Å²) < 4.78 is 40.5. The number of hydrogen-bond donors (Lipinski definition) is 0. The van der Waals surface area contributed by atoms with E-state index in [0.29, 0.717) is 0 Å². The van der Waals surface area contributed by atoms with Crippen LogP contribution in [0.15, 0.2) is 40.4 Å². The second-order valence-corrected chi connectivity index (χ2v) is 4.97. The first-order valence-electron chi connectivity index (χ1n) is 4.43. The quantitative estimate of drug-likeness (QED) is 0.805. The van der Waals surface area contributed by atoms with Gasteiger partial charge in [0.05, 0.1) is 0 Å². The molecule has 1 aliphatic heterocycles. The van der Waals surface area contributed by atoms with Crippen LogP contribution in [0.4, 0.5) is 4.39 Å². The van der Waals surface area contributed by atoms with Gasteiger partial charge >= 0.3 is 0 Å². The molecule has 0 aliphatic carbocycles. The van der Waals surface area contributed by atoms with Gasteiger partial charge < -0.3 is 4.74 Å². The van der Waals surface area contributed by atoms with Crippen LogP contribution in [0.1, 0.15) is 0 Å². The molecule has 0 bridgehead atoms. The second-order valence-electron chi connectivity index (χ2n) is 3.14. The lowest BCUT2D eigenvalue weighted by Crippen LogP contribution is -2.09. The molecular formula is C10H8FNO3S. The summed E-state index contributed by atoms with van der Waals surface area (Å²) in [6, 6.07) is 5.50. The summed E-state index contributed by atoms with van der Waals surface area (Å²) in [7, 11) is -3.42. The summed E-state index contributed by atoms with van der Waals surface area (Å²) in [6.07, 6.45) is 1.22. The summed E-state index contributed by atoms with van der Waals surface area (Å²) in [5, 5.41) is 0. The van der Waals surface area contributed by atoms with E-state index in [1.54, 1.807) is 6.07 Å². The lowest BCUT2D eigenvalue weighted by molar-refractivity contribution is 0.356. The monoisotopic (exact) mass is 241 g/mol. The van der Waals surface area contributed by atoms with Crippen molar-refractivity contribution in [3.05, 3.63) is 41.2 Å². The van der Waals surface area contributed by atoms with Crippen molar-refractivity contribution < 1.29 is 17.5 Å². The topological polar surface area (TPSA) is 55.7 Å². The average molecular weight is 241 g/mol. The highest BCUT2D eigenvalue weighted by molar-refractivity contribution is 8.08. The van der Waals surface area contributed by atoms with Crippen LogP contribution >= 0.6 is 0 Å². The third-order valence-electron chi connectivity index (χ3n) is 1.96. The van der Waals surface area contributed by atoms with Gasteiger partial charge in [0.25, 0.3) is 0 Å². The van der Waals surface area contributed by atoms with Crippen LogP contribution in [0, 0.1) is 5.82 Å². The van der Waals surface area contributed by atoms with Crippen molar-refractivity contribution in [1.82, 2.24) is 0 Å². The SMILES string of the molecule is O=S1(=O)C=NC=C1COc1cccc(F)c1. The predicted molar refractivity (Wildman–Crippen MR) is 57.4 cm³/mol. The van der Waals surface area contributed by atoms with Crippen LogP contribution in [0.3, 0.4) is 0 Å². The molecule has 6 heteroatoms. The van der Waals surface area contributed by atoms with Crippen molar-refractivity contribution in [3.8, 4) is 5.75 Å². The number of halogens is 1. The normalized spacial score (nSPS) is 17.2. The largest absolute Gasteiger partial charge is 0.488 e. The fraction of sp³-hybridized carbons (Fsp3) is 0.100. The molecule has 4 nitrogen and oxygen atoms in total. The number of rotatable bonds is 3. The second kappa shape index (κ2) is 4.05. The Bertz CT molecular complexity index is 563. The van der Waals surface area contributed by atoms with E-state index in [0.717, 1.165) is 5.55 Å². The van der Waals surface area contributed by atoms with Gasteiger partial charge in [-0.2, -0.15) is 0 Å². The van der Waals surface area contributed by atoms with Crippen molar-refractivity contribution in [3.63, 3.8) is 0 Å². The molecule has 0 spiro atoms. The van der Waals surface area contributed by atoms with Crippen molar-refractivity contribution in [1.29, 1.82) is 0 Å². The molecular weight excluding hydrogens is 233 g/mol. The Hall–Kier alpha value is -1.69. The molecule has 1 heterocycles. The standard InChI is InChI=1S/C10H8FNO3S/c11-8-2-1-3-9(4-8)15-6-10-5-12-7-16(10,13)14/h1-5,7H,6H2. The molecule has 0 aromatic heterocycles. The Morgan fingerprint density at radius 1 is 1.38 bits per heavy atom. The molecule has 0 saturated carbocycles. The van der Waals surface area contributed by atoms with Gasteiger partial charge in [0.1, 0.15) is 28.6 Å². The average Bonchev–Trinajstić information content (AvgIpc) is 2.55. The molecule has 0 unspecified atom stereocenters. The third kappa shape index (κ3) is 2.27. The Labute approximate surface area is 92.0 Å². The minimum absolute atomic E-state index is 0.0664. The van der Waals surface area contributed by atoms with E-state index in [1.807, 2.05) is 0 Å². The highest BCUT2D eigenvalue weighted by Gasteiger charge is 2.19. The molecule has 0 radical (unpaired) electrons. The molecule has 1 aliphatic rings. The fourth-order valence-corrected chi connectivity index (χ4v) is 1.95. The van der Waals surface area contributed by atoms with Crippen LogP contribution in [-0.2, 0) is 9.84 Å². The van der Waals surface area contributed by atoms with Crippen LogP contribution < -0.4 is 4.74 Å². The van der Waals surface area contributed by atoms with E-state index in [1.165, 1.54) is 24.4 Å². The molecule has 1 aromatic carbocycles. The number of nitrogens with zero attached hydrogens (tertiary/aromatic N) is 1. The molecule has 84 valence electrons. The van der Waals surface area contributed by atoms with E-state index in [-0.39, 0.29) is 17.3 Å². The number of hydrogen-bond acceptors (Lipinski definition) is 4. The number of benzene rings is 1. The van der Waals surface area contributed by atoms with E-state index in [4.69, 9.17) is 4.74 Å². The van der Waals surface area contributed by atoms with Gasteiger partial charge in [-0.05, 0) is 12.1 Å². The highest BCUT2D eigenvalue weighted by Crippen LogP contribution is 2.16. The zero-order valence-corrected chi connectivity index (χ0v) is 8.95. The van der Waals surface area contributed by atoms with E-state index in [9.17, 15) is 12.8 Å². The minimum Gasteiger partial charge on any atom is -0.488 e. The van der Waals surface area contributed by atoms with E-state index in [2.05, 4.69) is 4.99 Å². The maximum atomic E-state index is 12.8. The Balaban J connectivity index is 2.04. The summed E-state index contributed by atoms with van der Waals surface area (Å²) in [5.74, 6) is -0.153. The third-order valence-corrected chi connectivity index (χ3v) is 3.31. The molecule has 1 aromatic rings. The molecule has 0 amide bonds. The number of sulfone groups is 1. The Morgan fingerprint density at radius 2 is 2.19 bits per heavy atom. The maximum Gasteiger partial charge on any atom is 0.217 e. The number of aliphatic imine (C=N–C) groups is 1. The van der Waals surface area contributed by atoms with Crippen molar-refractivity contribution in [2.45, 2.75) is 0 Å². The maximum absolute atomic E-state index is 12.8. The van der Waals surface area contributed by atoms with Crippen molar-refractivity contribution in [2.75, 3.05) is 6.61 Å². The van der Waals surface area contributed by atoms with Crippen LogP contribution in [0.5, 0.6) is 5.75 Å². The van der Waals surface area contributed by atoms with Gasteiger partial charge in [0, 0.05) is 12.3 Å². The zero-order chi connectivity index (χ0) is 11.6.